The second-order valence-electron chi connectivity index (χ2n) is 5.11. The summed E-state index contributed by atoms with van der Waals surface area (Å²) in [5.74, 6) is -3.52. The molecule has 0 fully saturated rings. The number of hydrogen-bond acceptors (Lipinski definition) is 3. The van der Waals surface area contributed by atoms with Crippen LogP contribution in [0.1, 0.15) is 28.1 Å². The van der Waals surface area contributed by atoms with E-state index in [1.165, 1.54) is 23.3 Å². The number of carboxylic acids is 1. The Labute approximate surface area is 131 Å². The predicted octanol–water partition coefficient (Wildman–Crippen LogP) is 2.98. The maximum atomic E-state index is 13.3. The van der Waals surface area contributed by atoms with Crippen LogP contribution in [0.15, 0.2) is 34.9 Å². The van der Waals surface area contributed by atoms with E-state index in [2.05, 4.69) is 0 Å². The van der Waals surface area contributed by atoms with Crippen molar-refractivity contribution in [2.45, 2.75) is 19.9 Å². The van der Waals surface area contributed by atoms with E-state index in [9.17, 15) is 18.4 Å². The van der Waals surface area contributed by atoms with Crippen molar-refractivity contribution in [2.75, 3.05) is 6.54 Å². The van der Waals surface area contributed by atoms with Gasteiger partial charge in [-0.05, 0) is 36.2 Å². The molecule has 5 nitrogen and oxygen atoms in total. The average molecular weight is 323 g/mol. The fourth-order valence-electron chi connectivity index (χ4n) is 2.04. The lowest BCUT2D eigenvalue weighted by Crippen LogP contribution is -2.32. The van der Waals surface area contributed by atoms with Crippen LogP contribution in [0.25, 0.3) is 0 Å². The molecule has 23 heavy (non-hydrogen) atoms. The molecule has 1 aromatic carbocycles. The molecular weight excluding hydrogens is 308 g/mol. The third-order valence-corrected chi connectivity index (χ3v) is 3.18. The van der Waals surface area contributed by atoms with Crippen LogP contribution in [0, 0.1) is 18.6 Å². The maximum Gasteiger partial charge on any atom is 0.305 e. The van der Waals surface area contributed by atoms with Crippen LogP contribution in [-0.2, 0) is 11.3 Å². The standard InChI is InChI=1S/C16H15F2NO4/c1-10-6-14(23-9-10)16(22)19(5-4-15(20)21)8-11-2-3-12(17)13(18)7-11/h2-3,6-7,9H,4-5,8H2,1H3,(H,20,21). The first-order chi connectivity index (χ1) is 10.9. The zero-order chi connectivity index (χ0) is 17.0. The van der Waals surface area contributed by atoms with Crippen molar-refractivity contribution >= 4 is 11.9 Å². The van der Waals surface area contributed by atoms with Crippen molar-refractivity contribution in [3.05, 3.63) is 59.1 Å². The van der Waals surface area contributed by atoms with Gasteiger partial charge >= 0.3 is 5.97 Å². The van der Waals surface area contributed by atoms with Crippen LogP contribution in [0.2, 0.25) is 0 Å². The first-order valence-electron chi connectivity index (χ1n) is 6.87. The van der Waals surface area contributed by atoms with Crippen LogP contribution < -0.4 is 0 Å². The summed E-state index contributed by atoms with van der Waals surface area (Å²) in [6.07, 6.45) is 1.13. The molecule has 1 aromatic heterocycles. The predicted molar refractivity (Wildman–Crippen MR) is 76.8 cm³/mol. The number of rotatable bonds is 6. The molecule has 0 bridgehead atoms. The Balaban J connectivity index is 2.20. The van der Waals surface area contributed by atoms with E-state index in [-0.39, 0.29) is 25.3 Å². The number of benzene rings is 1. The highest BCUT2D eigenvalue weighted by atomic mass is 19.2. The van der Waals surface area contributed by atoms with Gasteiger partial charge in [0.15, 0.2) is 17.4 Å². The first-order valence-corrected chi connectivity index (χ1v) is 6.87. The number of carboxylic acid groups (broad SMARTS) is 1. The van der Waals surface area contributed by atoms with Gasteiger partial charge in [-0.2, -0.15) is 0 Å². The quantitative estimate of drug-likeness (QED) is 0.887. The maximum absolute atomic E-state index is 13.3. The molecule has 0 saturated heterocycles. The molecule has 0 radical (unpaired) electrons. The van der Waals surface area contributed by atoms with Crippen molar-refractivity contribution in [1.29, 1.82) is 0 Å². The van der Waals surface area contributed by atoms with Crippen LogP contribution in [-0.4, -0.2) is 28.4 Å². The molecule has 0 aliphatic carbocycles. The van der Waals surface area contributed by atoms with Gasteiger partial charge in [0.25, 0.3) is 5.91 Å². The van der Waals surface area contributed by atoms with Crippen LogP contribution in [0.5, 0.6) is 0 Å². The van der Waals surface area contributed by atoms with E-state index in [0.717, 1.165) is 17.7 Å². The van der Waals surface area contributed by atoms with E-state index in [4.69, 9.17) is 9.52 Å². The van der Waals surface area contributed by atoms with Gasteiger partial charge < -0.3 is 14.4 Å². The van der Waals surface area contributed by atoms with Gasteiger partial charge in [-0.15, -0.1) is 0 Å². The molecule has 1 N–H and O–H groups in total. The van der Waals surface area contributed by atoms with Crippen LogP contribution in [0.3, 0.4) is 0 Å². The van der Waals surface area contributed by atoms with Crippen molar-refractivity contribution < 1.29 is 27.9 Å². The monoisotopic (exact) mass is 323 g/mol. The molecular formula is C16H15F2NO4. The lowest BCUT2D eigenvalue weighted by Gasteiger charge is -2.21. The van der Waals surface area contributed by atoms with Gasteiger partial charge in [-0.3, -0.25) is 9.59 Å². The lowest BCUT2D eigenvalue weighted by molar-refractivity contribution is -0.137. The van der Waals surface area contributed by atoms with E-state index < -0.39 is 23.5 Å². The number of carbonyl (C=O) groups excluding carboxylic acids is 1. The normalized spacial score (nSPS) is 10.6. The molecule has 0 aliphatic rings. The van der Waals surface area contributed by atoms with Gasteiger partial charge in [-0.1, -0.05) is 6.07 Å². The Morgan fingerprint density at radius 1 is 1.22 bits per heavy atom. The van der Waals surface area contributed by atoms with Gasteiger partial charge in [0, 0.05) is 13.1 Å². The minimum atomic E-state index is -1.07. The largest absolute Gasteiger partial charge is 0.481 e. The molecule has 2 rings (SSSR count). The minimum Gasteiger partial charge on any atom is -0.481 e. The topological polar surface area (TPSA) is 70.8 Å². The lowest BCUT2D eigenvalue weighted by atomic mass is 10.2. The smallest absolute Gasteiger partial charge is 0.305 e. The Morgan fingerprint density at radius 2 is 1.96 bits per heavy atom. The zero-order valence-electron chi connectivity index (χ0n) is 12.4. The van der Waals surface area contributed by atoms with E-state index in [1.807, 2.05) is 0 Å². The molecule has 2 aromatic rings. The second kappa shape index (κ2) is 7.04. The summed E-state index contributed by atoms with van der Waals surface area (Å²) in [5.41, 5.74) is 1.10. The molecule has 0 atom stereocenters. The Hall–Kier alpha value is -2.70. The van der Waals surface area contributed by atoms with E-state index in [1.54, 1.807) is 6.92 Å². The van der Waals surface area contributed by atoms with Gasteiger partial charge in [0.2, 0.25) is 0 Å². The Morgan fingerprint density at radius 3 is 2.52 bits per heavy atom. The summed E-state index contributed by atoms with van der Waals surface area (Å²) in [6.45, 7) is 1.62. The summed E-state index contributed by atoms with van der Waals surface area (Å²) < 4.78 is 31.4. The number of amides is 1. The number of furan rings is 1. The van der Waals surface area contributed by atoms with Crippen LogP contribution >= 0.6 is 0 Å². The molecule has 7 heteroatoms. The summed E-state index contributed by atoms with van der Waals surface area (Å²) >= 11 is 0. The van der Waals surface area contributed by atoms with Crippen molar-refractivity contribution in [3.8, 4) is 0 Å². The van der Waals surface area contributed by atoms with Crippen molar-refractivity contribution in [1.82, 2.24) is 4.90 Å². The molecule has 0 aliphatic heterocycles. The number of aryl methyl sites for hydroxylation is 1. The second-order valence-corrected chi connectivity index (χ2v) is 5.11. The average Bonchev–Trinajstić information content (AvgIpc) is 2.92. The SMILES string of the molecule is Cc1coc(C(=O)N(CCC(=O)O)Cc2ccc(F)c(F)c2)c1. The van der Waals surface area contributed by atoms with Crippen molar-refractivity contribution in [2.24, 2.45) is 0 Å². The number of halogens is 2. The molecule has 1 heterocycles. The Bertz CT molecular complexity index is 727. The number of aliphatic carboxylic acids is 1. The highest BCUT2D eigenvalue weighted by Gasteiger charge is 2.20. The highest BCUT2D eigenvalue weighted by molar-refractivity contribution is 5.91. The molecule has 0 spiro atoms. The molecule has 122 valence electrons. The highest BCUT2D eigenvalue weighted by Crippen LogP contribution is 2.15. The first kappa shape index (κ1) is 16.7. The van der Waals surface area contributed by atoms with E-state index in [0.29, 0.717) is 5.56 Å². The summed E-state index contributed by atoms with van der Waals surface area (Å²) in [7, 11) is 0. The number of nitrogens with zero attached hydrogens (tertiary/aromatic N) is 1. The zero-order valence-corrected chi connectivity index (χ0v) is 12.4. The summed E-state index contributed by atoms with van der Waals surface area (Å²) in [6, 6.07) is 4.81. The Kier molecular flexibility index (Phi) is 5.10. The van der Waals surface area contributed by atoms with Crippen molar-refractivity contribution in [3.63, 3.8) is 0 Å². The number of carbonyl (C=O) groups is 2. The number of hydrogen-bond donors (Lipinski definition) is 1. The van der Waals surface area contributed by atoms with E-state index >= 15 is 0 Å². The summed E-state index contributed by atoms with van der Waals surface area (Å²) in [5, 5.41) is 8.79. The van der Waals surface area contributed by atoms with Gasteiger partial charge in [0.1, 0.15) is 0 Å². The minimum absolute atomic E-state index is 0.0525. The summed E-state index contributed by atoms with van der Waals surface area (Å²) in [4.78, 5) is 24.4. The fourth-order valence-corrected chi connectivity index (χ4v) is 2.04. The van der Waals surface area contributed by atoms with Crippen LogP contribution in [0.4, 0.5) is 8.78 Å². The van der Waals surface area contributed by atoms with Gasteiger partial charge in [-0.25, -0.2) is 8.78 Å². The molecule has 1 amide bonds. The third kappa shape index (κ3) is 4.38. The van der Waals surface area contributed by atoms with Gasteiger partial charge in [0.05, 0.1) is 12.7 Å². The molecule has 0 saturated carbocycles. The third-order valence-electron chi connectivity index (χ3n) is 3.18. The molecule has 0 unspecified atom stereocenters. The fraction of sp³-hybridized carbons (Fsp3) is 0.250.